The Balaban J connectivity index is 4.51. The Hall–Kier alpha value is -2.00. The van der Waals surface area contributed by atoms with Crippen molar-refractivity contribution in [1.82, 2.24) is 10.6 Å². The van der Waals surface area contributed by atoms with Crippen molar-refractivity contribution in [3.63, 3.8) is 0 Å². The number of aldehydes is 1. The van der Waals surface area contributed by atoms with Crippen LogP contribution in [0.1, 0.15) is 81.6 Å². The number of hydrogen-bond donors (Lipinski definition) is 3. The highest BCUT2D eigenvalue weighted by molar-refractivity contribution is 5.87. The maximum atomic E-state index is 12.8. The zero-order valence-electron chi connectivity index (χ0n) is 23.2. The predicted molar refractivity (Wildman–Crippen MR) is 135 cm³/mol. The monoisotopic (exact) mass is 500 g/mol. The van der Waals surface area contributed by atoms with Gasteiger partial charge in [0.05, 0.1) is 26.4 Å². The molecule has 2 amide bonds. The molecule has 9 heteroatoms. The van der Waals surface area contributed by atoms with Crippen molar-refractivity contribution in [3.05, 3.63) is 0 Å². The molecule has 0 spiro atoms. The van der Waals surface area contributed by atoms with E-state index in [0.29, 0.717) is 39.4 Å². The second-order valence-electron chi connectivity index (χ2n) is 12.4. The lowest BCUT2D eigenvalue weighted by Gasteiger charge is -2.32. The molecule has 0 aliphatic heterocycles. The number of rotatable bonds is 17. The standard InChI is InChI=1S/C26H48N2O7/c1-23(2,3)16-26(8,9)22(33)28-19(20(30)31)10-11-25(6,7)21(32)27-12-13-34-14-15-35-18-24(4,5)17-29/h17,19H,10-16,18H2,1-9H3,(H,27,32)(H,28,33)(H,30,31). The first-order valence-electron chi connectivity index (χ1n) is 12.3. The summed E-state index contributed by atoms with van der Waals surface area (Å²) in [6, 6.07) is -1.07. The second kappa shape index (κ2) is 13.9. The average molecular weight is 501 g/mol. The number of carbonyl (C=O) groups excluding carboxylic acids is 3. The van der Waals surface area contributed by atoms with Crippen LogP contribution in [0.4, 0.5) is 0 Å². The van der Waals surface area contributed by atoms with Crippen LogP contribution in [0.2, 0.25) is 0 Å². The molecule has 204 valence electrons. The summed E-state index contributed by atoms with van der Waals surface area (Å²) in [5.74, 6) is -1.64. The maximum absolute atomic E-state index is 12.8. The second-order valence-corrected chi connectivity index (χ2v) is 12.4. The van der Waals surface area contributed by atoms with Crippen LogP contribution in [-0.4, -0.2) is 68.2 Å². The molecular formula is C26H48N2O7. The summed E-state index contributed by atoms with van der Waals surface area (Å²) in [5, 5.41) is 15.1. The predicted octanol–water partition coefficient (Wildman–Crippen LogP) is 3.20. The Bertz CT molecular complexity index is 709. The van der Waals surface area contributed by atoms with Crippen LogP contribution in [0, 0.1) is 21.7 Å². The minimum Gasteiger partial charge on any atom is -0.480 e. The highest BCUT2D eigenvalue weighted by Crippen LogP contribution is 2.33. The molecule has 0 aliphatic rings. The summed E-state index contributed by atoms with van der Waals surface area (Å²) in [6.07, 6.45) is 1.89. The molecule has 1 unspecified atom stereocenters. The van der Waals surface area contributed by atoms with E-state index in [2.05, 4.69) is 10.6 Å². The number of carbonyl (C=O) groups is 4. The lowest BCUT2D eigenvalue weighted by atomic mass is 9.75. The van der Waals surface area contributed by atoms with Crippen LogP contribution in [0.15, 0.2) is 0 Å². The minimum absolute atomic E-state index is 0.0797. The van der Waals surface area contributed by atoms with Crippen molar-refractivity contribution in [2.75, 3.05) is 33.0 Å². The quantitative estimate of drug-likeness (QED) is 0.206. The molecule has 0 heterocycles. The average Bonchev–Trinajstić information content (AvgIpc) is 2.70. The molecular weight excluding hydrogens is 452 g/mol. The van der Waals surface area contributed by atoms with Crippen LogP contribution in [0.25, 0.3) is 0 Å². The Morgan fingerprint density at radius 3 is 1.94 bits per heavy atom. The van der Waals surface area contributed by atoms with Crippen LogP contribution < -0.4 is 10.6 Å². The number of carboxylic acid groups (broad SMARTS) is 1. The third-order valence-electron chi connectivity index (χ3n) is 5.56. The molecule has 1 atom stereocenters. The van der Waals surface area contributed by atoms with Gasteiger partial charge in [0.15, 0.2) is 0 Å². The number of nitrogens with one attached hydrogen (secondary N) is 2. The molecule has 0 saturated carbocycles. The number of aliphatic carboxylic acids is 1. The van der Waals surface area contributed by atoms with Gasteiger partial charge in [-0.05, 0) is 24.7 Å². The number of carboxylic acids is 1. The molecule has 35 heavy (non-hydrogen) atoms. The van der Waals surface area contributed by atoms with Crippen molar-refractivity contribution in [2.45, 2.75) is 87.6 Å². The molecule has 0 rings (SSSR count). The maximum Gasteiger partial charge on any atom is 0.326 e. The fraction of sp³-hybridized carbons (Fsp3) is 0.846. The summed E-state index contributed by atoms with van der Waals surface area (Å²) in [6.45, 7) is 18.4. The van der Waals surface area contributed by atoms with Crippen LogP contribution in [-0.2, 0) is 28.7 Å². The number of ether oxygens (including phenoxy) is 2. The molecule has 0 bridgehead atoms. The molecule has 0 radical (unpaired) electrons. The first-order chi connectivity index (χ1) is 15.8. The molecule has 3 N–H and O–H groups in total. The van der Waals surface area contributed by atoms with Crippen molar-refractivity contribution in [3.8, 4) is 0 Å². The van der Waals surface area contributed by atoms with Gasteiger partial charge in [0.1, 0.15) is 12.3 Å². The topological polar surface area (TPSA) is 131 Å². The Morgan fingerprint density at radius 2 is 1.43 bits per heavy atom. The van der Waals surface area contributed by atoms with Crippen LogP contribution >= 0.6 is 0 Å². The van der Waals surface area contributed by atoms with E-state index in [1.165, 1.54) is 0 Å². The van der Waals surface area contributed by atoms with Gasteiger partial charge >= 0.3 is 5.97 Å². The molecule has 0 aromatic heterocycles. The summed E-state index contributed by atoms with van der Waals surface area (Å²) >= 11 is 0. The van der Waals surface area contributed by atoms with Gasteiger partial charge < -0.3 is 30.0 Å². The summed E-state index contributed by atoms with van der Waals surface area (Å²) in [4.78, 5) is 48.0. The molecule has 0 fully saturated rings. The lowest BCUT2D eigenvalue weighted by molar-refractivity contribution is -0.144. The van der Waals surface area contributed by atoms with Crippen molar-refractivity contribution >= 4 is 24.1 Å². The van der Waals surface area contributed by atoms with Gasteiger partial charge in [0.25, 0.3) is 0 Å². The van der Waals surface area contributed by atoms with Gasteiger partial charge in [0.2, 0.25) is 11.8 Å². The van der Waals surface area contributed by atoms with Crippen molar-refractivity contribution in [1.29, 1.82) is 0 Å². The van der Waals surface area contributed by atoms with E-state index in [9.17, 15) is 24.3 Å². The van der Waals surface area contributed by atoms with Gasteiger partial charge in [-0.3, -0.25) is 9.59 Å². The number of amides is 2. The molecule has 0 aromatic carbocycles. The minimum atomic E-state index is -1.12. The fourth-order valence-electron chi connectivity index (χ4n) is 3.70. The summed E-state index contributed by atoms with van der Waals surface area (Å²) in [7, 11) is 0. The van der Waals surface area contributed by atoms with Gasteiger partial charge in [-0.1, -0.05) is 62.3 Å². The lowest BCUT2D eigenvalue weighted by Crippen LogP contribution is -2.48. The SMILES string of the molecule is CC(C)(C)CC(C)(C)C(=O)NC(CCC(C)(C)C(=O)NCCOCCOCC(C)(C)C=O)C(=O)O. The van der Waals surface area contributed by atoms with E-state index >= 15 is 0 Å². The van der Waals surface area contributed by atoms with E-state index < -0.39 is 28.3 Å². The smallest absolute Gasteiger partial charge is 0.326 e. The molecule has 0 saturated heterocycles. The van der Waals surface area contributed by atoms with Gasteiger partial charge in [-0.15, -0.1) is 0 Å². The van der Waals surface area contributed by atoms with E-state index in [1.807, 2.05) is 34.6 Å². The van der Waals surface area contributed by atoms with Gasteiger partial charge in [0, 0.05) is 22.8 Å². The van der Waals surface area contributed by atoms with Crippen molar-refractivity contribution in [2.24, 2.45) is 21.7 Å². The Kier molecular flexibility index (Phi) is 13.1. The summed E-state index contributed by atoms with van der Waals surface area (Å²) < 4.78 is 10.8. The van der Waals surface area contributed by atoms with Crippen molar-refractivity contribution < 1.29 is 33.8 Å². The zero-order valence-corrected chi connectivity index (χ0v) is 23.2. The Labute approximate surface area is 211 Å². The fourth-order valence-corrected chi connectivity index (χ4v) is 3.70. The third kappa shape index (κ3) is 14.2. The van der Waals surface area contributed by atoms with Crippen LogP contribution in [0.5, 0.6) is 0 Å². The van der Waals surface area contributed by atoms with Gasteiger partial charge in [-0.25, -0.2) is 4.79 Å². The summed E-state index contributed by atoms with van der Waals surface area (Å²) in [5.41, 5.74) is -2.13. The van der Waals surface area contributed by atoms with E-state index in [1.54, 1.807) is 27.7 Å². The van der Waals surface area contributed by atoms with E-state index in [-0.39, 0.29) is 30.1 Å². The zero-order chi connectivity index (χ0) is 27.5. The highest BCUT2D eigenvalue weighted by Gasteiger charge is 2.36. The molecule has 0 aliphatic carbocycles. The normalized spacial score (nSPS) is 13.7. The first-order valence-corrected chi connectivity index (χ1v) is 12.3. The van der Waals surface area contributed by atoms with E-state index in [4.69, 9.17) is 9.47 Å². The van der Waals surface area contributed by atoms with E-state index in [0.717, 1.165) is 6.29 Å². The van der Waals surface area contributed by atoms with Gasteiger partial charge in [-0.2, -0.15) is 0 Å². The Morgan fingerprint density at radius 1 is 0.857 bits per heavy atom. The first kappa shape index (κ1) is 33.0. The highest BCUT2D eigenvalue weighted by atomic mass is 16.5. The third-order valence-corrected chi connectivity index (χ3v) is 5.56. The largest absolute Gasteiger partial charge is 0.480 e. The molecule has 0 aromatic rings. The number of hydrogen-bond acceptors (Lipinski definition) is 6. The molecule has 9 nitrogen and oxygen atoms in total. The van der Waals surface area contributed by atoms with Crippen LogP contribution in [0.3, 0.4) is 0 Å².